The Morgan fingerprint density at radius 1 is 0.444 bits per heavy atom. The van der Waals surface area contributed by atoms with Gasteiger partial charge in [0.1, 0.15) is 13.1 Å². The van der Waals surface area contributed by atoms with Gasteiger partial charge < -0.3 is 34.0 Å². The number of rotatable bonds is 21. The molecule has 0 aliphatic rings. The zero-order chi connectivity index (χ0) is 24.1. The molecular weight excluding hydrogens is 572 g/mol. The molecule has 0 bridgehead atoms. The van der Waals surface area contributed by atoms with Gasteiger partial charge in [0.25, 0.3) is 0 Å². The predicted octanol–water partition coefficient (Wildman–Crippen LogP) is 3.00. The van der Waals surface area contributed by atoms with Crippen LogP contribution in [0.1, 0.15) is 129 Å². The van der Waals surface area contributed by atoms with Gasteiger partial charge in [-0.15, -0.1) is 0 Å². The van der Waals surface area contributed by atoms with Crippen molar-refractivity contribution < 1.29 is 43.1 Å². The minimum atomic E-state index is 0. The van der Waals surface area contributed by atoms with Crippen LogP contribution in [0.25, 0.3) is 11.1 Å². The molecule has 0 aliphatic carbocycles. The quantitative estimate of drug-likeness (QED) is 0.149. The van der Waals surface area contributed by atoms with E-state index in [-0.39, 0.29) is 34.0 Å². The summed E-state index contributed by atoms with van der Waals surface area (Å²) in [6.45, 7) is 6.86. The van der Waals surface area contributed by atoms with Crippen LogP contribution in [0.4, 0.5) is 0 Å². The molecule has 4 heteroatoms. The van der Waals surface area contributed by atoms with Crippen LogP contribution < -0.4 is 43.1 Å². The molecule has 0 aliphatic heterocycles. The zero-order valence-corrected chi connectivity index (χ0v) is 26.6. The number of aromatic nitrogens is 2. The highest BCUT2D eigenvalue weighted by Gasteiger charge is 2.07. The number of hydrogen-bond donors (Lipinski definition) is 0. The first-order valence-electron chi connectivity index (χ1n) is 14.8. The Kier molecular flexibility index (Phi) is 24.1. The van der Waals surface area contributed by atoms with Gasteiger partial charge in [0.05, 0.1) is 0 Å². The Balaban J connectivity index is 0.00000612. The van der Waals surface area contributed by atoms with Gasteiger partial charge in [0.15, 0.2) is 24.8 Å². The van der Waals surface area contributed by atoms with Gasteiger partial charge >= 0.3 is 0 Å². The Bertz CT molecular complexity index is 733. The highest BCUT2D eigenvalue weighted by molar-refractivity contribution is 5.60. The Morgan fingerprint density at radius 2 is 0.861 bits per heavy atom. The molecule has 0 aromatic carbocycles. The Hall–Kier alpha value is -0.740. The molecule has 0 fully saturated rings. The first-order valence-corrected chi connectivity index (χ1v) is 14.8. The Morgan fingerprint density at radius 3 is 1.33 bits per heavy atom. The van der Waals surface area contributed by atoms with E-state index in [0.717, 1.165) is 13.1 Å². The smallest absolute Gasteiger partial charge is 0.176 e. The highest BCUT2D eigenvalue weighted by atomic mass is 79.9. The van der Waals surface area contributed by atoms with E-state index < -0.39 is 0 Å². The average molecular weight is 627 g/mol. The lowest BCUT2D eigenvalue weighted by Crippen LogP contribution is -3.00. The normalized spacial score (nSPS) is 10.6. The maximum Gasteiger partial charge on any atom is 0.176 e. The summed E-state index contributed by atoms with van der Waals surface area (Å²) in [5.74, 6) is 0. The summed E-state index contributed by atoms with van der Waals surface area (Å²) < 4.78 is 4.73. The number of aryl methyl sites for hydroxylation is 2. The molecule has 2 nitrogen and oxygen atoms in total. The van der Waals surface area contributed by atoms with Crippen molar-refractivity contribution in [3.63, 3.8) is 0 Å². The van der Waals surface area contributed by atoms with Crippen LogP contribution >= 0.6 is 0 Å². The number of halogens is 2. The van der Waals surface area contributed by atoms with Gasteiger partial charge in [-0.25, -0.2) is 9.13 Å². The third kappa shape index (κ3) is 16.9. The molecule has 2 heterocycles. The van der Waals surface area contributed by atoms with Crippen molar-refractivity contribution in [1.29, 1.82) is 0 Å². The second kappa shape index (κ2) is 24.6. The number of unbranched alkanes of at least 4 members (excludes halogenated alkanes) is 16. The molecule has 36 heavy (non-hydrogen) atoms. The van der Waals surface area contributed by atoms with E-state index in [4.69, 9.17) is 0 Å². The molecule has 0 unspecified atom stereocenters. The molecule has 0 saturated heterocycles. The summed E-state index contributed by atoms with van der Waals surface area (Å²) in [5.41, 5.74) is 2.65. The highest BCUT2D eigenvalue weighted by Crippen LogP contribution is 2.16. The van der Waals surface area contributed by atoms with Crippen LogP contribution in [0.5, 0.6) is 0 Å². The molecule has 0 N–H and O–H groups in total. The second-order valence-electron chi connectivity index (χ2n) is 10.3. The van der Waals surface area contributed by atoms with Gasteiger partial charge in [-0.05, 0) is 24.5 Å². The summed E-state index contributed by atoms with van der Waals surface area (Å²) in [6, 6.07) is 9.01. The van der Waals surface area contributed by atoms with Crippen molar-refractivity contribution in [3.05, 3.63) is 49.1 Å². The summed E-state index contributed by atoms with van der Waals surface area (Å²) in [7, 11) is 0. The van der Waals surface area contributed by atoms with Crippen molar-refractivity contribution in [2.24, 2.45) is 0 Å². The number of pyridine rings is 2. The standard InChI is InChI=1S/C32H54N2.2BrH/c1-3-5-7-9-11-13-15-17-19-25-33-28-23-31(24-29-33)32-22-21-27-34(30-32)26-20-18-16-14-12-10-8-6-4-2;;/h21-24,27-30H,3-20,25-26H2,1-2H3;2*1H/q+2;;/p-2. The van der Waals surface area contributed by atoms with E-state index >= 15 is 0 Å². The minimum Gasteiger partial charge on any atom is -1.00 e. The molecule has 2 rings (SSSR count). The van der Waals surface area contributed by atoms with Gasteiger partial charge in [-0.2, -0.15) is 0 Å². The van der Waals surface area contributed by atoms with Crippen molar-refractivity contribution in [3.8, 4) is 11.1 Å². The van der Waals surface area contributed by atoms with Crippen LogP contribution in [0.2, 0.25) is 0 Å². The van der Waals surface area contributed by atoms with Gasteiger partial charge in [0, 0.05) is 36.6 Å². The molecular formula is C32H54Br2N2. The van der Waals surface area contributed by atoms with Crippen LogP contribution in [0.3, 0.4) is 0 Å². The topological polar surface area (TPSA) is 7.76 Å². The fourth-order valence-electron chi connectivity index (χ4n) is 4.84. The first-order chi connectivity index (χ1) is 16.8. The largest absolute Gasteiger partial charge is 1.00 e. The van der Waals surface area contributed by atoms with E-state index in [0.29, 0.717) is 0 Å². The molecule has 0 radical (unpaired) electrons. The van der Waals surface area contributed by atoms with Gasteiger partial charge in [-0.3, -0.25) is 0 Å². The van der Waals surface area contributed by atoms with Gasteiger partial charge in [-0.1, -0.05) is 104 Å². The van der Waals surface area contributed by atoms with E-state index in [1.54, 1.807) is 0 Å². The van der Waals surface area contributed by atoms with Crippen LogP contribution in [-0.4, -0.2) is 0 Å². The fraction of sp³-hybridized carbons (Fsp3) is 0.688. The predicted molar refractivity (Wildman–Crippen MR) is 147 cm³/mol. The molecule has 0 amide bonds. The minimum absolute atomic E-state index is 0. The maximum absolute atomic E-state index is 2.37. The van der Waals surface area contributed by atoms with Crippen LogP contribution in [0, 0.1) is 0 Å². The van der Waals surface area contributed by atoms with Crippen LogP contribution in [-0.2, 0) is 13.1 Å². The van der Waals surface area contributed by atoms with Crippen molar-refractivity contribution in [2.75, 3.05) is 0 Å². The summed E-state index contributed by atoms with van der Waals surface area (Å²) >= 11 is 0. The monoisotopic (exact) mass is 624 g/mol. The third-order valence-corrected chi connectivity index (χ3v) is 7.12. The van der Waals surface area contributed by atoms with E-state index in [9.17, 15) is 0 Å². The fourth-order valence-corrected chi connectivity index (χ4v) is 4.84. The van der Waals surface area contributed by atoms with Crippen molar-refractivity contribution >= 4 is 0 Å². The van der Waals surface area contributed by atoms with E-state index in [1.807, 2.05) is 0 Å². The summed E-state index contributed by atoms with van der Waals surface area (Å²) in [4.78, 5) is 0. The average Bonchev–Trinajstić information content (AvgIpc) is 2.87. The SMILES string of the molecule is CCCCCCCCCCC[n+]1ccc(-c2ccc[n+](CCCCCCCCCCC)c2)cc1.[Br-].[Br-]. The summed E-state index contributed by atoms with van der Waals surface area (Å²) in [5, 5.41) is 0. The molecule has 2 aromatic heterocycles. The number of nitrogens with zero attached hydrogens (tertiary/aromatic N) is 2. The second-order valence-corrected chi connectivity index (χ2v) is 10.3. The molecule has 2 aromatic rings. The molecule has 0 atom stereocenters. The third-order valence-electron chi connectivity index (χ3n) is 7.12. The summed E-state index contributed by atoms with van der Waals surface area (Å²) in [6.07, 6.45) is 34.1. The van der Waals surface area contributed by atoms with E-state index in [2.05, 4.69) is 72.0 Å². The van der Waals surface area contributed by atoms with E-state index in [1.165, 1.54) is 127 Å². The van der Waals surface area contributed by atoms with Gasteiger partial charge in [0.2, 0.25) is 0 Å². The lowest BCUT2D eigenvalue weighted by Gasteiger charge is -2.03. The first kappa shape index (κ1) is 35.3. The zero-order valence-electron chi connectivity index (χ0n) is 23.4. The number of hydrogen-bond acceptors (Lipinski definition) is 0. The van der Waals surface area contributed by atoms with Crippen molar-refractivity contribution in [2.45, 2.75) is 143 Å². The Labute approximate surface area is 244 Å². The molecule has 0 spiro atoms. The lowest BCUT2D eigenvalue weighted by molar-refractivity contribution is -0.697. The van der Waals surface area contributed by atoms with Crippen LogP contribution in [0.15, 0.2) is 49.1 Å². The molecule has 0 saturated carbocycles. The molecule has 206 valence electrons. The lowest BCUT2D eigenvalue weighted by atomic mass is 10.1. The van der Waals surface area contributed by atoms with Crippen molar-refractivity contribution in [1.82, 2.24) is 0 Å². The maximum atomic E-state index is 2.37.